The third-order valence-electron chi connectivity index (χ3n) is 12.2. The summed E-state index contributed by atoms with van der Waals surface area (Å²) in [5.74, 6) is 1.89. The molecule has 0 amide bonds. The Labute approximate surface area is 360 Å². The van der Waals surface area contributed by atoms with Crippen LogP contribution < -0.4 is 0 Å². The van der Waals surface area contributed by atoms with Crippen LogP contribution in [0.1, 0.15) is 0 Å². The zero-order chi connectivity index (χ0) is 41.4. The van der Waals surface area contributed by atoms with Crippen LogP contribution in [-0.4, -0.2) is 29.1 Å². The van der Waals surface area contributed by atoms with Crippen LogP contribution in [0, 0.1) is 0 Å². The molecule has 5 aromatic heterocycles. The molecule has 63 heavy (non-hydrogen) atoms. The highest BCUT2D eigenvalue weighted by Gasteiger charge is 2.20. The molecule has 0 radical (unpaired) electrons. The number of nitrogens with zero attached hydrogens (tertiary/aromatic N) is 6. The first-order valence-corrected chi connectivity index (χ1v) is 21.0. The summed E-state index contributed by atoms with van der Waals surface area (Å²) < 4.78 is 10.9. The molecule has 8 aromatic carbocycles. The van der Waals surface area contributed by atoms with Gasteiger partial charge in [-0.05, 0) is 83.9 Å². The van der Waals surface area contributed by atoms with Crippen molar-refractivity contribution in [3.63, 3.8) is 0 Å². The fourth-order valence-corrected chi connectivity index (χ4v) is 9.40. The van der Waals surface area contributed by atoms with Crippen LogP contribution in [0.2, 0.25) is 0 Å². The molecule has 0 bridgehead atoms. The second-order valence-corrected chi connectivity index (χ2v) is 15.9. The van der Waals surface area contributed by atoms with Crippen molar-refractivity contribution in [2.24, 2.45) is 0 Å². The van der Waals surface area contributed by atoms with Gasteiger partial charge in [-0.2, -0.15) is 0 Å². The van der Waals surface area contributed by atoms with Crippen molar-refractivity contribution in [2.45, 2.75) is 0 Å². The largest absolute Gasteiger partial charge is 0.454 e. The molecule has 0 spiro atoms. The van der Waals surface area contributed by atoms with Gasteiger partial charge in [0.05, 0.1) is 22.1 Å². The summed E-state index contributed by atoms with van der Waals surface area (Å²) >= 11 is 0. The lowest BCUT2D eigenvalue weighted by molar-refractivity contribution is 0.668. The first-order valence-electron chi connectivity index (χ1n) is 21.0. The molecular weight excluding hydrogens is 773 g/mol. The topological polar surface area (TPSA) is 74.6 Å². The Morgan fingerprint density at radius 1 is 0.349 bits per heavy atom. The van der Waals surface area contributed by atoms with Crippen LogP contribution in [0.5, 0.6) is 0 Å². The predicted molar refractivity (Wildman–Crippen MR) is 255 cm³/mol. The lowest BCUT2D eigenvalue weighted by atomic mass is 9.98. The quantitative estimate of drug-likeness (QED) is 0.167. The number of pyridine rings is 1. The second-order valence-electron chi connectivity index (χ2n) is 15.9. The molecule has 0 aliphatic heterocycles. The average molecular weight is 807 g/mol. The third-order valence-corrected chi connectivity index (χ3v) is 12.2. The van der Waals surface area contributed by atoms with E-state index in [1.807, 2.05) is 79.0 Å². The number of hydrogen-bond donors (Lipinski definition) is 0. The van der Waals surface area contributed by atoms with Crippen molar-refractivity contribution in [3.05, 3.63) is 206 Å². The van der Waals surface area contributed by atoms with E-state index in [9.17, 15) is 0 Å². The fraction of sp³-hybridized carbons (Fsp3) is 0. The molecule has 13 rings (SSSR count). The fourth-order valence-electron chi connectivity index (χ4n) is 9.40. The molecule has 0 unspecified atom stereocenters. The van der Waals surface area contributed by atoms with Gasteiger partial charge in [-0.25, -0.2) is 15.0 Å². The highest BCUT2D eigenvalue weighted by Crippen LogP contribution is 2.42. The zero-order valence-corrected chi connectivity index (χ0v) is 33.7. The maximum atomic E-state index is 6.16. The molecule has 7 heteroatoms. The van der Waals surface area contributed by atoms with Crippen LogP contribution in [0.25, 0.3) is 122 Å². The summed E-state index contributed by atoms with van der Waals surface area (Å²) in [5, 5.41) is 5.77. The highest BCUT2D eigenvalue weighted by atomic mass is 16.3. The number of benzene rings is 8. The monoisotopic (exact) mass is 806 g/mol. The van der Waals surface area contributed by atoms with Crippen molar-refractivity contribution in [1.82, 2.24) is 29.1 Å². The first kappa shape index (κ1) is 35.1. The number of hydrogen-bond acceptors (Lipinski definition) is 5. The van der Waals surface area contributed by atoms with Gasteiger partial charge in [-0.1, -0.05) is 127 Å². The molecule has 0 saturated carbocycles. The lowest BCUT2D eigenvalue weighted by Crippen LogP contribution is -2.01. The van der Waals surface area contributed by atoms with Gasteiger partial charge in [-0.3, -0.25) is 4.98 Å². The van der Waals surface area contributed by atoms with Gasteiger partial charge < -0.3 is 13.6 Å². The van der Waals surface area contributed by atoms with E-state index in [-0.39, 0.29) is 0 Å². The number of aromatic nitrogens is 6. The zero-order valence-electron chi connectivity index (χ0n) is 33.7. The van der Waals surface area contributed by atoms with Crippen molar-refractivity contribution >= 4 is 65.7 Å². The maximum Gasteiger partial charge on any atom is 0.164 e. The Morgan fingerprint density at radius 2 is 0.952 bits per heavy atom. The maximum absolute atomic E-state index is 6.16. The van der Waals surface area contributed by atoms with Gasteiger partial charge in [0.25, 0.3) is 0 Å². The van der Waals surface area contributed by atoms with Gasteiger partial charge in [-0.15, -0.1) is 0 Å². The Balaban J connectivity index is 0.966. The SMILES string of the molecule is c1ccc(-c2nc(-c3ccccc3)nc(-c3cccc(-n4c5ccccc5c5cc(-c6cccc7c6c6ccccc6n7-c6ccc7oc8cccnc8c7c6)ccc54)c3)n2)cc1. The van der Waals surface area contributed by atoms with E-state index in [4.69, 9.17) is 19.4 Å². The predicted octanol–water partition coefficient (Wildman–Crippen LogP) is 14.0. The molecule has 0 aliphatic rings. The Morgan fingerprint density at radius 3 is 1.73 bits per heavy atom. The van der Waals surface area contributed by atoms with Crippen molar-refractivity contribution < 1.29 is 4.42 Å². The van der Waals surface area contributed by atoms with Crippen LogP contribution >= 0.6 is 0 Å². The first-order chi connectivity index (χ1) is 31.2. The van der Waals surface area contributed by atoms with Crippen molar-refractivity contribution in [3.8, 4) is 56.7 Å². The number of fused-ring (bicyclic) bond motifs is 9. The van der Waals surface area contributed by atoms with Crippen LogP contribution in [0.4, 0.5) is 0 Å². The summed E-state index contributed by atoms with van der Waals surface area (Å²) in [4.78, 5) is 19.7. The molecule has 294 valence electrons. The van der Waals surface area contributed by atoms with E-state index in [0.717, 1.165) is 77.8 Å². The van der Waals surface area contributed by atoms with Crippen LogP contribution in [-0.2, 0) is 0 Å². The summed E-state index contributed by atoms with van der Waals surface area (Å²) in [6.45, 7) is 0. The standard InChI is InChI=1S/C56H34N6O/c1-3-14-35(15-4-1)54-58-55(36-16-5-2-6-17-36)60-56(59-54)38-18-11-19-39(32-38)61-46-23-9-7-20-42(46)44-33-37(27-29-48(44)61)41-22-12-25-49-52(41)43-21-8-10-24-47(43)62(49)40-28-30-50-45(34-40)53-51(63-50)26-13-31-57-53/h1-34H. The Bertz CT molecular complexity index is 3860. The molecule has 5 heterocycles. The van der Waals surface area contributed by atoms with Gasteiger partial charge in [0.1, 0.15) is 11.1 Å². The molecule has 7 nitrogen and oxygen atoms in total. The van der Waals surface area contributed by atoms with E-state index in [0.29, 0.717) is 17.5 Å². The molecule has 0 aliphatic carbocycles. The van der Waals surface area contributed by atoms with Crippen molar-refractivity contribution in [2.75, 3.05) is 0 Å². The highest BCUT2D eigenvalue weighted by molar-refractivity contribution is 6.17. The number of furan rings is 1. The van der Waals surface area contributed by atoms with Gasteiger partial charge in [0.15, 0.2) is 23.1 Å². The Kier molecular flexibility index (Phi) is 7.77. The molecule has 13 aromatic rings. The molecule has 0 N–H and O–H groups in total. The Hall–Kier alpha value is -8.68. The molecule has 0 fully saturated rings. The summed E-state index contributed by atoms with van der Waals surface area (Å²) in [6.07, 6.45) is 1.82. The van der Waals surface area contributed by atoms with E-state index in [2.05, 4.69) is 142 Å². The van der Waals surface area contributed by atoms with E-state index in [1.165, 1.54) is 27.1 Å². The normalized spacial score (nSPS) is 11.8. The second kappa shape index (κ2) is 13.9. The molecule has 0 saturated heterocycles. The minimum Gasteiger partial charge on any atom is -0.454 e. The molecular formula is C56H34N6O. The summed E-state index contributed by atoms with van der Waals surface area (Å²) in [7, 11) is 0. The molecule has 0 atom stereocenters. The van der Waals surface area contributed by atoms with Crippen LogP contribution in [0.15, 0.2) is 211 Å². The minimum absolute atomic E-state index is 0.620. The third kappa shape index (κ3) is 5.60. The van der Waals surface area contributed by atoms with E-state index >= 15 is 0 Å². The van der Waals surface area contributed by atoms with Gasteiger partial charge >= 0.3 is 0 Å². The van der Waals surface area contributed by atoms with E-state index < -0.39 is 0 Å². The van der Waals surface area contributed by atoms with Crippen LogP contribution in [0.3, 0.4) is 0 Å². The lowest BCUT2D eigenvalue weighted by Gasteiger charge is -2.12. The van der Waals surface area contributed by atoms with Gasteiger partial charge in [0.2, 0.25) is 0 Å². The van der Waals surface area contributed by atoms with E-state index in [1.54, 1.807) is 0 Å². The summed E-state index contributed by atoms with van der Waals surface area (Å²) in [6, 6.07) is 69.9. The van der Waals surface area contributed by atoms with Crippen molar-refractivity contribution in [1.29, 1.82) is 0 Å². The van der Waals surface area contributed by atoms with Gasteiger partial charge in [0, 0.05) is 61.2 Å². The average Bonchev–Trinajstić information content (AvgIpc) is 4.02. The number of rotatable bonds is 6. The smallest absolute Gasteiger partial charge is 0.164 e. The minimum atomic E-state index is 0.620. The number of para-hydroxylation sites is 2. The summed E-state index contributed by atoms with van der Waals surface area (Å²) in [5.41, 5.74) is 14.2.